The van der Waals surface area contributed by atoms with E-state index >= 15 is 0 Å². The van der Waals surface area contributed by atoms with E-state index in [9.17, 15) is 14.4 Å². The minimum Gasteiger partial charge on any atom is -0.465 e. The van der Waals surface area contributed by atoms with E-state index in [1.165, 1.54) is 0 Å². The van der Waals surface area contributed by atoms with Crippen LogP contribution in [0.15, 0.2) is 48.5 Å². The van der Waals surface area contributed by atoms with E-state index in [0.717, 1.165) is 27.2 Å². The molecule has 1 heterocycles. The highest BCUT2D eigenvalue weighted by Crippen LogP contribution is 2.70. The van der Waals surface area contributed by atoms with Gasteiger partial charge < -0.3 is 4.74 Å². The van der Waals surface area contributed by atoms with E-state index in [2.05, 4.69) is 31.9 Å². The molecule has 2 aromatic rings. The lowest BCUT2D eigenvalue weighted by atomic mass is 9.54. The molecule has 0 unspecified atom stereocenters. The van der Waals surface area contributed by atoms with Crippen LogP contribution in [0.4, 0.5) is 0 Å². The number of alkyl halides is 2. The normalized spacial score (nSPS) is 31.3. The summed E-state index contributed by atoms with van der Waals surface area (Å²) in [4.78, 5) is 40.1. The van der Waals surface area contributed by atoms with Crippen LogP contribution in [0.1, 0.15) is 29.2 Å². The van der Waals surface area contributed by atoms with Gasteiger partial charge in [0.05, 0.1) is 27.1 Å². The molecular formula is C22H17Br2NO4. The first-order valence-electron chi connectivity index (χ1n) is 9.45. The SMILES string of the molecule is CCOC(=O)CN1C(=O)[C@@H]2[C@H](C1=O)C1(Br)c3ccccc3C2(Br)c2ccccc21. The van der Waals surface area contributed by atoms with Crippen molar-refractivity contribution in [2.45, 2.75) is 15.6 Å². The Morgan fingerprint density at radius 1 is 0.897 bits per heavy atom. The van der Waals surface area contributed by atoms with Gasteiger partial charge in [-0.1, -0.05) is 80.4 Å². The lowest BCUT2D eigenvalue weighted by Crippen LogP contribution is -2.56. The minimum absolute atomic E-state index is 0.198. The summed E-state index contributed by atoms with van der Waals surface area (Å²) < 4.78 is 3.32. The van der Waals surface area contributed by atoms with Gasteiger partial charge in [-0.05, 0) is 29.2 Å². The number of hydrogen-bond acceptors (Lipinski definition) is 4. The van der Waals surface area contributed by atoms with Crippen molar-refractivity contribution >= 4 is 49.6 Å². The molecule has 3 aliphatic carbocycles. The number of likely N-dealkylation sites (tertiary alicyclic amines) is 1. The number of halogens is 2. The third kappa shape index (κ3) is 2.18. The Kier molecular flexibility index (Phi) is 4.10. The minimum atomic E-state index is -0.837. The number of amides is 2. The molecule has 0 saturated carbocycles. The smallest absolute Gasteiger partial charge is 0.326 e. The van der Waals surface area contributed by atoms with Crippen LogP contribution in [0.2, 0.25) is 0 Å². The van der Waals surface area contributed by atoms with E-state index in [4.69, 9.17) is 4.74 Å². The summed E-state index contributed by atoms with van der Waals surface area (Å²) in [5, 5.41) is 0. The van der Waals surface area contributed by atoms with Gasteiger partial charge in [-0.3, -0.25) is 19.3 Å². The Bertz CT molecular complexity index is 960. The molecule has 0 aromatic heterocycles. The van der Waals surface area contributed by atoms with Crippen LogP contribution in [0.5, 0.6) is 0 Å². The zero-order chi connectivity index (χ0) is 20.6. The summed E-state index contributed by atoms with van der Waals surface area (Å²) in [5.74, 6) is -2.60. The molecule has 0 radical (unpaired) electrons. The molecule has 148 valence electrons. The molecule has 4 aliphatic rings. The van der Waals surface area contributed by atoms with Gasteiger partial charge in [0, 0.05) is 0 Å². The number of carbonyl (C=O) groups is 3. The fourth-order valence-electron chi connectivity index (χ4n) is 5.22. The molecule has 2 aromatic carbocycles. The van der Waals surface area contributed by atoms with Crippen molar-refractivity contribution in [3.05, 3.63) is 70.8 Å². The lowest BCUT2D eigenvalue weighted by Gasteiger charge is -2.55. The second-order valence-corrected chi connectivity index (χ2v) is 10.0. The van der Waals surface area contributed by atoms with Crippen molar-refractivity contribution in [2.24, 2.45) is 11.8 Å². The maximum atomic E-state index is 13.5. The zero-order valence-corrected chi connectivity index (χ0v) is 18.7. The molecule has 2 atom stereocenters. The van der Waals surface area contributed by atoms with Crippen LogP contribution in [0.25, 0.3) is 0 Å². The first-order chi connectivity index (χ1) is 13.9. The van der Waals surface area contributed by atoms with Gasteiger partial charge in [-0.2, -0.15) is 0 Å². The molecule has 2 bridgehead atoms. The monoisotopic (exact) mass is 517 g/mol. The van der Waals surface area contributed by atoms with Crippen LogP contribution < -0.4 is 0 Å². The van der Waals surface area contributed by atoms with Crippen molar-refractivity contribution in [3.8, 4) is 0 Å². The van der Waals surface area contributed by atoms with E-state index in [1.807, 2.05) is 48.5 Å². The van der Waals surface area contributed by atoms with Crippen LogP contribution in [0.3, 0.4) is 0 Å². The molecule has 0 spiro atoms. The number of ether oxygens (including phenoxy) is 1. The Morgan fingerprint density at radius 3 is 1.62 bits per heavy atom. The number of imide groups is 1. The van der Waals surface area contributed by atoms with Crippen molar-refractivity contribution in [3.63, 3.8) is 0 Å². The third-order valence-electron chi connectivity index (χ3n) is 6.27. The molecule has 2 amide bonds. The highest BCUT2D eigenvalue weighted by atomic mass is 79.9. The summed E-state index contributed by atoms with van der Waals surface area (Å²) in [6.07, 6.45) is 0. The van der Waals surface area contributed by atoms with E-state index in [1.54, 1.807) is 6.92 Å². The number of esters is 1. The summed E-state index contributed by atoms with van der Waals surface area (Å²) in [6.45, 7) is 1.53. The van der Waals surface area contributed by atoms with Crippen molar-refractivity contribution in [1.29, 1.82) is 0 Å². The van der Waals surface area contributed by atoms with Crippen molar-refractivity contribution in [1.82, 2.24) is 4.90 Å². The largest absolute Gasteiger partial charge is 0.465 e. The fourth-order valence-corrected chi connectivity index (χ4v) is 7.52. The van der Waals surface area contributed by atoms with Gasteiger partial charge in [-0.15, -0.1) is 0 Å². The quantitative estimate of drug-likeness (QED) is 0.354. The topological polar surface area (TPSA) is 63.7 Å². The van der Waals surface area contributed by atoms with E-state index in [0.29, 0.717) is 0 Å². The van der Waals surface area contributed by atoms with E-state index in [-0.39, 0.29) is 25.0 Å². The van der Waals surface area contributed by atoms with E-state index < -0.39 is 26.5 Å². The van der Waals surface area contributed by atoms with Gasteiger partial charge >= 0.3 is 5.97 Å². The van der Waals surface area contributed by atoms with Crippen LogP contribution in [0, 0.1) is 11.8 Å². The summed E-state index contributed by atoms with van der Waals surface area (Å²) in [5.41, 5.74) is 3.87. The van der Waals surface area contributed by atoms with Crippen molar-refractivity contribution in [2.75, 3.05) is 13.2 Å². The number of benzene rings is 2. The van der Waals surface area contributed by atoms with Crippen molar-refractivity contribution < 1.29 is 19.1 Å². The molecule has 0 N–H and O–H groups in total. The highest BCUT2D eigenvalue weighted by Gasteiger charge is 2.72. The Labute approximate surface area is 184 Å². The number of rotatable bonds is 3. The first-order valence-corrected chi connectivity index (χ1v) is 11.0. The fraction of sp³-hybridized carbons (Fsp3) is 0.318. The summed E-state index contributed by atoms with van der Waals surface area (Å²) in [7, 11) is 0. The Hall–Kier alpha value is -1.99. The Balaban J connectivity index is 1.75. The maximum Gasteiger partial charge on any atom is 0.326 e. The second kappa shape index (κ2) is 6.25. The van der Waals surface area contributed by atoms with Crippen LogP contribution >= 0.6 is 31.9 Å². The number of nitrogens with zero attached hydrogens (tertiary/aromatic N) is 1. The summed E-state index contributed by atoms with van der Waals surface area (Å²) in [6, 6.07) is 15.7. The second-order valence-electron chi connectivity index (χ2n) is 7.54. The predicted molar refractivity (Wildman–Crippen MR) is 113 cm³/mol. The molecular weight excluding hydrogens is 502 g/mol. The van der Waals surface area contributed by atoms with Crippen LogP contribution in [-0.4, -0.2) is 35.8 Å². The van der Waals surface area contributed by atoms with Gasteiger partial charge in [0.1, 0.15) is 6.54 Å². The van der Waals surface area contributed by atoms with Gasteiger partial charge in [0.15, 0.2) is 0 Å². The van der Waals surface area contributed by atoms with Gasteiger partial charge in [0.2, 0.25) is 11.8 Å². The molecule has 6 rings (SSSR count). The summed E-state index contributed by atoms with van der Waals surface area (Å²) >= 11 is 7.83. The molecule has 7 heteroatoms. The predicted octanol–water partition coefficient (Wildman–Crippen LogP) is 3.45. The molecule has 1 aliphatic heterocycles. The zero-order valence-electron chi connectivity index (χ0n) is 15.5. The number of carbonyl (C=O) groups excluding carboxylic acids is 3. The Morgan fingerprint density at radius 2 is 1.28 bits per heavy atom. The maximum absolute atomic E-state index is 13.5. The molecule has 1 fully saturated rings. The molecule has 1 saturated heterocycles. The standard InChI is InChI=1S/C22H17Br2NO4/c1-2-29-16(26)11-25-19(27)17-18(20(25)28)22(24)13-8-4-3-7-12(13)21(17,23)14-9-5-6-10-15(14)22/h3-10,17-18H,2,11H2,1H3/t17-,18+,21?,22?. The van der Waals surface area contributed by atoms with Gasteiger partial charge in [0.25, 0.3) is 0 Å². The highest BCUT2D eigenvalue weighted by molar-refractivity contribution is 9.10. The molecule has 29 heavy (non-hydrogen) atoms. The lowest BCUT2D eigenvalue weighted by molar-refractivity contribution is -0.152. The first kappa shape index (κ1) is 19.0. The third-order valence-corrected chi connectivity index (χ3v) is 8.96. The average molecular weight is 519 g/mol. The molecule has 5 nitrogen and oxygen atoms in total. The average Bonchev–Trinajstić information content (AvgIpc) is 2.98. The number of hydrogen-bond donors (Lipinski definition) is 0. The van der Waals surface area contributed by atoms with Gasteiger partial charge in [-0.25, -0.2) is 0 Å². The van der Waals surface area contributed by atoms with Crippen LogP contribution in [-0.2, 0) is 27.8 Å².